The molecule has 16 heteroatoms. The van der Waals surface area contributed by atoms with E-state index in [4.69, 9.17) is 39.4 Å². The largest absolute Gasteiger partial charge is 0.475 e. The Bertz CT molecular complexity index is 1400. The highest BCUT2D eigenvalue weighted by Gasteiger charge is 2.42. The van der Waals surface area contributed by atoms with Crippen LogP contribution in [0.25, 0.3) is 0 Å². The second kappa shape index (κ2) is 17.9. The van der Waals surface area contributed by atoms with E-state index >= 15 is 0 Å². The molecule has 4 atom stereocenters. The number of amides is 1. The number of anilines is 1. The van der Waals surface area contributed by atoms with Crippen LogP contribution in [0.4, 0.5) is 10.6 Å². The highest BCUT2D eigenvalue weighted by Crippen LogP contribution is 2.57. The minimum absolute atomic E-state index is 0.0246. The van der Waals surface area contributed by atoms with Gasteiger partial charge in [-0.25, -0.2) is 14.2 Å². The monoisotopic (exact) mass is 687 g/mol. The smallest absolute Gasteiger partial charge is 0.456 e. The number of rotatable bonds is 17. The minimum Gasteiger partial charge on any atom is -0.456 e. The van der Waals surface area contributed by atoms with Crippen molar-refractivity contribution in [3.63, 3.8) is 0 Å². The summed E-state index contributed by atoms with van der Waals surface area (Å²) < 4.78 is 47.9. The zero-order valence-corrected chi connectivity index (χ0v) is 28.2. The Morgan fingerprint density at radius 1 is 1.24 bits per heavy atom. The Labute approximate surface area is 273 Å². The molecule has 2 heterocycles. The number of hydrogen-bond acceptors (Lipinski definition) is 12. The first kappa shape index (κ1) is 37.6. The summed E-state index contributed by atoms with van der Waals surface area (Å²) in [7, 11) is -4.16. The van der Waals surface area contributed by atoms with Crippen molar-refractivity contribution >= 4 is 37.3 Å². The van der Waals surface area contributed by atoms with Crippen LogP contribution in [0.2, 0.25) is 5.02 Å². The Morgan fingerprint density at radius 3 is 2.70 bits per heavy atom. The van der Waals surface area contributed by atoms with Gasteiger partial charge in [-0.15, -0.1) is 0 Å². The van der Waals surface area contributed by atoms with E-state index in [2.05, 4.69) is 10.3 Å². The molecular weight excluding hydrogens is 645 g/mol. The Balaban J connectivity index is 1.75. The zero-order valence-electron chi connectivity index (χ0n) is 26.5. The van der Waals surface area contributed by atoms with Gasteiger partial charge in [0.1, 0.15) is 18.7 Å². The van der Waals surface area contributed by atoms with Crippen LogP contribution in [0, 0.1) is 0 Å². The SMILES string of the molecule is CCCCCOC(=O)Nc1ccn(CO[C@H](COP2(=O)OCC[C@@H](c3cccc(Cl)c3)O2)[C@@H](OC(=O)CCC)C(C)(C)O)c(=O)n1. The number of hydrogen-bond donors (Lipinski definition) is 2. The Hall–Kier alpha value is -2.84. The number of benzene rings is 1. The van der Waals surface area contributed by atoms with Crippen molar-refractivity contribution in [2.75, 3.05) is 25.1 Å². The van der Waals surface area contributed by atoms with Crippen LogP contribution < -0.4 is 11.0 Å². The molecule has 1 fully saturated rings. The molecule has 0 aliphatic carbocycles. The van der Waals surface area contributed by atoms with Crippen molar-refractivity contribution in [3.8, 4) is 0 Å². The second-order valence-electron chi connectivity index (χ2n) is 11.2. The molecular formula is C30H43ClN3O11P. The number of phosphoric ester groups is 1. The third-order valence-electron chi connectivity index (χ3n) is 6.76. The molecule has 1 aliphatic heterocycles. The number of unbranched alkanes of at least 4 members (excludes halogenated alkanes) is 2. The van der Waals surface area contributed by atoms with Gasteiger partial charge in [0.05, 0.1) is 31.5 Å². The van der Waals surface area contributed by atoms with Gasteiger partial charge in [-0.05, 0) is 50.5 Å². The highest BCUT2D eigenvalue weighted by atomic mass is 35.5. The van der Waals surface area contributed by atoms with E-state index in [-0.39, 0.29) is 25.5 Å². The van der Waals surface area contributed by atoms with E-state index < -0.39 is 62.8 Å². The molecule has 1 unspecified atom stereocenters. The lowest BCUT2D eigenvalue weighted by Gasteiger charge is -2.36. The second-order valence-corrected chi connectivity index (χ2v) is 13.3. The molecule has 1 saturated heterocycles. The van der Waals surface area contributed by atoms with Crippen LogP contribution in [0.3, 0.4) is 0 Å². The lowest BCUT2D eigenvalue weighted by atomic mass is 9.97. The van der Waals surface area contributed by atoms with Crippen LogP contribution in [-0.4, -0.2) is 64.3 Å². The number of esters is 1. The van der Waals surface area contributed by atoms with Crippen LogP contribution in [0.5, 0.6) is 0 Å². The number of carbonyl (C=O) groups excluding carboxylic acids is 2. The summed E-state index contributed by atoms with van der Waals surface area (Å²) in [5, 5.41) is 13.8. The fourth-order valence-electron chi connectivity index (χ4n) is 4.41. The van der Waals surface area contributed by atoms with Gasteiger partial charge in [0, 0.05) is 24.1 Å². The van der Waals surface area contributed by atoms with E-state index in [0.717, 1.165) is 23.8 Å². The van der Waals surface area contributed by atoms with Gasteiger partial charge in [0.15, 0.2) is 6.10 Å². The maximum Gasteiger partial charge on any atom is 0.475 e. The van der Waals surface area contributed by atoms with Crippen LogP contribution in [0.1, 0.15) is 77.9 Å². The molecule has 2 aromatic rings. The van der Waals surface area contributed by atoms with E-state index in [1.54, 1.807) is 31.2 Å². The average Bonchev–Trinajstić information content (AvgIpc) is 2.99. The van der Waals surface area contributed by atoms with Gasteiger partial charge in [-0.3, -0.25) is 28.2 Å². The lowest BCUT2D eigenvalue weighted by molar-refractivity contribution is -0.190. The third-order valence-corrected chi connectivity index (χ3v) is 8.47. The standard InChI is InChI=1S/C30H43ClN3O11P/c1-5-7-8-16-40-29(37)33-25-13-15-34(28(36)32-25)20-41-24(27(30(3,4)38)44-26(35)10-6-2)19-43-46(39)42-17-14-23(45-46)21-11-9-12-22(31)18-21/h9,11-13,15,18,23-24,27,38H,5-8,10,14,16-17,19-20H2,1-4H3,(H,32,33,36,37)/t23-,24+,27+,46?/m0/s1. The van der Waals surface area contributed by atoms with Gasteiger partial charge in [-0.1, -0.05) is 50.4 Å². The molecule has 1 aromatic heterocycles. The highest BCUT2D eigenvalue weighted by molar-refractivity contribution is 7.48. The lowest BCUT2D eigenvalue weighted by Crippen LogP contribution is -2.51. The summed E-state index contributed by atoms with van der Waals surface area (Å²) in [6.07, 6.45) is 0.956. The van der Waals surface area contributed by atoms with Crippen molar-refractivity contribution in [2.45, 2.75) is 96.9 Å². The van der Waals surface area contributed by atoms with Crippen LogP contribution in [0.15, 0.2) is 41.3 Å². The predicted octanol–water partition coefficient (Wildman–Crippen LogP) is 5.76. The fraction of sp³-hybridized carbons (Fsp3) is 0.600. The molecule has 46 heavy (non-hydrogen) atoms. The van der Waals surface area contributed by atoms with E-state index in [0.29, 0.717) is 23.4 Å². The van der Waals surface area contributed by atoms with Crippen molar-refractivity contribution in [1.82, 2.24) is 9.55 Å². The predicted molar refractivity (Wildman–Crippen MR) is 168 cm³/mol. The van der Waals surface area contributed by atoms with Crippen molar-refractivity contribution in [3.05, 3.63) is 57.6 Å². The number of halogens is 1. The van der Waals surface area contributed by atoms with Gasteiger partial charge in [0.25, 0.3) is 0 Å². The number of phosphoric acid groups is 1. The normalized spacial score (nSPS) is 19.7. The molecule has 256 valence electrons. The third kappa shape index (κ3) is 12.1. The maximum atomic E-state index is 13.5. The first-order valence-electron chi connectivity index (χ1n) is 15.2. The first-order chi connectivity index (χ1) is 21.8. The number of carbonyl (C=O) groups is 2. The maximum absolute atomic E-state index is 13.5. The topological polar surface area (TPSA) is 174 Å². The molecule has 1 aliphatic rings. The van der Waals surface area contributed by atoms with Gasteiger partial charge >= 0.3 is 25.6 Å². The Morgan fingerprint density at radius 2 is 2.02 bits per heavy atom. The number of aliphatic hydroxyl groups is 1. The molecule has 2 N–H and O–H groups in total. The average molecular weight is 688 g/mol. The number of nitrogens with one attached hydrogen (secondary N) is 1. The number of aromatic nitrogens is 2. The van der Waals surface area contributed by atoms with Gasteiger partial charge in [-0.2, -0.15) is 4.98 Å². The molecule has 0 saturated carbocycles. The summed E-state index contributed by atoms with van der Waals surface area (Å²) in [5.74, 6) is -0.625. The quantitative estimate of drug-likeness (QED) is 0.117. The first-order valence-corrected chi connectivity index (χ1v) is 17.0. The zero-order chi connectivity index (χ0) is 33.7. The molecule has 0 radical (unpaired) electrons. The fourth-order valence-corrected chi connectivity index (χ4v) is 6.00. The van der Waals surface area contributed by atoms with E-state index in [1.807, 2.05) is 6.92 Å². The molecule has 1 amide bonds. The van der Waals surface area contributed by atoms with Gasteiger partial charge in [0.2, 0.25) is 0 Å². The molecule has 14 nitrogen and oxygen atoms in total. The number of nitrogens with zero attached hydrogens (tertiary/aromatic N) is 2. The summed E-state index contributed by atoms with van der Waals surface area (Å²) in [6.45, 7) is 6.00. The summed E-state index contributed by atoms with van der Waals surface area (Å²) in [4.78, 5) is 41.1. The van der Waals surface area contributed by atoms with Crippen molar-refractivity contribution < 1.29 is 47.0 Å². The molecule has 0 bridgehead atoms. The summed E-state index contributed by atoms with van der Waals surface area (Å²) in [6, 6.07) is 8.28. The van der Waals surface area contributed by atoms with Gasteiger partial charge < -0.3 is 19.3 Å². The van der Waals surface area contributed by atoms with Crippen molar-refractivity contribution in [2.24, 2.45) is 0 Å². The van der Waals surface area contributed by atoms with E-state index in [1.165, 1.54) is 26.1 Å². The number of ether oxygens (including phenoxy) is 3. The van der Waals surface area contributed by atoms with E-state index in [9.17, 15) is 24.1 Å². The Kier molecular flexibility index (Phi) is 14.6. The van der Waals surface area contributed by atoms with Crippen LogP contribution >= 0.6 is 19.4 Å². The summed E-state index contributed by atoms with van der Waals surface area (Å²) >= 11 is 6.11. The summed E-state index contributed by atoms with van der Waals surface area (Å²) in [5.41, 5.74) is -1.75. The van der Waals surface area contributed by atoms with Crippen LogP contribution in [-0.2, 0) is 43.9 Å². The van der Waals surface area contributed by atoms with Crippen molar-refractivity contribution in [1.29, 1.82) is 0 Å². The molecule has 1 aromatic carbocycles. The molecule has 0 spiro atoms. The molecule has 3 rings (SSSR count). The minimum atomic E-state index is -4.16.